The van der Waals surface area contributed by atoms with E-state index in [1.165, 1.54) is 6.07 Å². The molecule has 0 atom stereocenters. The number of sulfonamides is 1. The largest absolute Gasteiger partial charge is 0.350 e. The van der Waals surface area contributed by atoms with E-state index < -0.39 is 10.0 Å². The van der Waals surface area contributed by atoms with E-state index in [-0.39, 0.29) is 24.0 Å². The molecule has 0 saturated heterocycles. The van der Waals surface area contributed by atoms with Gasteiger partial charge in [0.15, 0.2) is 0 Å². The summed E-state index contributed by atoms with van der Waals surface area (Å²) in [6, 6.07) is 11.4. The van der Waals surface area contributed by atoms with Crippen LogP contribution in [0.2, 0.25) is 0 Å². The molecular weight excluding hydrogens is 393 g/mol. The molecule has 1 amide bonds. The van der Waals surface area contributed by atoms with E-state index in [4.69, 9.17) is 0 Å². The minimum Gasteiger partial charge on any atom is -0.350 e. The van der Waals surface area contributed by atoms with Crippen molar-refractivity contribution in [2.45, 2.75) is 33.2 Å². The van der Waals surface area contributed by atoms with Crippen LogP contribution in [0.3, 0.4) is 0 Å². The number of hydrogen-bond donors (Lipinski definition) is 3. The predicted molar refractivity (Wildman–Crippen MR) is 113 cm³/mol. The van der Waals surface area contributed by atoms with Crippen molar-refractivity contribution < 1.29 is 17.6 Å². The molecule has 154 valence electrons. The van der Waals surface area contributed by atoms with Crippen LogP contribution in [0, 0.1) is 12.7 Å². The van der Waals surface area contributed by atoms with E-state index in [1.54, 1.807) is 43.3 Å². The second-order valence-corrected chi connectivity index (χ2v) is 8.78. The van der Waals surface area contributed by atoms with Crippen molar-refractivity contribution in [3.8, 4) is 0 Å². The van der Waals surface area contributed by atoms with Gasteiger partial charge < -0.3 is 10.3 Å². The molecule has 0 aliphatic rings. The number of amides is 1. The van der Waals surface area contributed by atoms with Gasteiger partial charge in [-0.3, -0.25) is 9.52 Å². The van der Waals surface area contributed by atoms with Crippen LogP contribution in [0.1, 0.15) is 41.4 Å². The Labute approximate surface area is 169 Å². The SMILES string of the molecule is CCCCS(=O)(=O)Nc1ccc2[nH]c(C(=O)NCc3ccccc3F)c(C)c2c1. The van der Waals surface area contributed by atoms with Gasteiger partial charge in [-0.05, 0) is 43.2 Å². The fraction of sp³-hybridized carbons (Fsp3) is 0.286. The number of carbonyl (C=O) groups is 1. The zero-order valence-corrected chi connectivity index (χ0v) is 17.2. The monoisotopic (exact) mass is 417 g/mol. The van der Waals surface area contributed by atoms with E-state index >= 15 is 0 Å². The predicted octanol–water partition coefficient (Wildman–Crippen LogP) is 4.09. The van der Waals surface area contributed by atoms with Gasteiger partial charge in [0.05, 0.1) is 5.75 Å². The van der Waals surface area contributed by atoms with Gasteiger partial charge >= 0.3 is 0 Å². The quantitative estimate of drug-likeness (QED) is 0.516. The Morgan fingerprint density at radius 1 is 1.17 bits per heavy atom. The summed E-state index contributed by atoms with van der Waals surface area (Å²) in [6.07, 6.45) is 1.38. The number of benzene rings is 2. The number of rotatable bonds is 8. The molecule has 6 nitrogen and oxygen atoms in total. The maximum atomic E-state index is 13.7. The number of hydrogen-bond acceptors (Lipinski definition) is 3. The van der Waals surface area contributed by atoms with Gasteiger partial charge in [-0.1, -0.05) is 31.5 Å². The van der Waals surface area contributed by atoms with Crippen molar-refractivity contribution in [1.29, 1.82) is 0 Å². The Morgan fingerprint density at radius 3 is 2.66 bits per heavy atom. The Bertz CT molecular complexity index is 1140. The number of nitrogens with one attached hydrogen (secondary N) is 3. The van der Waals surface area contributed by atoms with Crippen molar-refractivity contribution in [3.63, 3.8) is 0 Å². The Balaban J connectivity index is 1.79. The van der Waals surface area contributed by atoms with Gasteiger partial charge in [0.2, 0.25) is 10.0 Å². The molecule has 2 aromatic carbocycles. The Hall–Kier alpha value is -2.87. The van der Waals surface area contributed by atoms with Crippen molar-refractivity contribution in [2.24, 2.45) is 0 Å². The first-order valence-electron chi connectivity index (χ1n) is 9.45. The van der Waals surface area contributed by atoms with Crippen LogP contribution in [0.25, 0.3) is 10.9 Å². The molecule has 1 heterocycles. The second kappa shape index (κ2) is 8.65. The van der Waals surface area contributed by atoms with E-state index in [0.717, 1.165) is 17.3 Å². The highest BCUT2D eigenvalue weighted by Gasteiger charge is 2.16. The van der Waals surface area contributed by atoms with Gasteiger partial charge in [0.1, 0.15) is 11.5 Å². The zero-order chi connectivity index (χ0) is 21.0. The fourth-order valence-electron chi connectivity index (χ4n) is 3.09. The normalized spacial score (nSPS) is 11.6. The molecule has 1 aromatic heterocycles. The number of carbonyl (C=O) groups excluding carboxylic acids is 1. The van der Waals surface area contributed by atoms with Crippen molar-refractivity contribution >= 4 is 32.5 Å². The Kier molecular flexibility index (Phi) is 6.22. The summed E-state index contributed by atoms with van der Waals surface area (Å²) < 4.78 is 40.6. The van der Waals surface area contributed by atoms with Gasteiger partial charge in [0.25, 0.3) is 5.91 Å². The average molecular weight is 418 g/mol. The number of H-pyrrole nitrogens is 1. The third-order valence-electron chi connectivity index (χ3n) is 4.72. The molecule has 0 spiro atoms. The van der Waals surface area contributed by atoms with Gasteiger partial charge in [-0.15, -0.1) is 0 Å². The second-order valence-electron chi connectivity index (χ2n) is 6.93. The molecule has 3 aromatic rings. The first-order chi connectivity index (χ1) is 13.8. The summed E-state index contributed by atoms with van der Waals surface area (Å²) in [5.74, 6) is -0.662. The highest BCUT2D eigenvalue weighted by Crippen LogP contribution is 2.26. The molecule has 0 unspecified atom stereocenters. The summed E-state index contributed by atoms with van der Waals surface area (Å²) in [5, 5.41) is 3.46. The van der Waals surface area contributed by atoms with Crippen LogP contribution in [0.5, 0.6) is 0 Å². The first-order valence-corrected chi connectivity index (χ1v) is 11.1. The van der Waals surface area contributed by atoms with Crippen LogP contribution >= 0.6 is 0 Å². The highest BCUT2D eigenvalue weighted by atomic mass is 32.2. The number of unbranched alkanes of at least 4 members (excludes halogenated alkanes) is 1. The molecule has 0 aliphatic carbocycles. The van der Waals surface area contributed by atoms with E-state index in [2.05, 4.69) is 15.0 Å². The molecule has 3 rings (SSSR count). The topological polar surface area (TPSA) is 91.1 Å². The molecular formula is C21H24FN3O3S. The maximum Gasteiger partial charge on any atom is 0.268 e. The van der Waals surface area contributed by atoms with Crippen LogP contribution < -0.4 is 10.0 Å². The molecule has 3 N–H and O–H groups in total. The molecule has 0 radical (unpaired) electrons. The lowest BCUT2D eigenvalue weighted by molar-refractivity contribution is 0.0946. The number of aromatic nitrogens is 1. The smallest absolute Gasteiger partial charge is 0.268 e. The van der Waals surface area contributed by atoms with Gasteiger partial charge in [-0.2, -0.15) is 0 Å². The first kappa shape index (κ1) is 20.9. The maximum absolute atomic E-state index is 13.7. The third-order valence-corrected chi connectivity index (χ3v) is 6.10. The van der Waals surface area contributed by atoms with Gasteiger partial charge in [-0.25, -0.2) is 12.8 Å². The van der Waals surface area contributed by atoms with Crippen LogP contribution in [0.4, 0.5) is 10.1 Å². The lowest BCUT2D eigenvalue weighted by Crippen LogP contribution is -2.24. The molecule has 29 heavy (non-hydrogen) atoms. The highest BCUT2D eigenvalue weighted by molar-refractivity contribution is 7.92. The molecule has 0 bridgehead atoms. The molecule has 0 saturated carbocycles. The van der Waals surface area contributed by atoms with Crippen LogP contribution in [-0.4, -0.2) is 25.1 Å². The van der Waals surface area contributed by atoms with E-state index in [0.29, 0.717) is 28.9 Å². The van der Waals surface area contributed by atoms with Gasteiger partial charge in [0, 0.05) is 28.7 Å². The summed E-state index contributed by atoms with van der Waals surface area (Å²) in [7, 11) is -3.41. The molecule has 0 fully saturated rings. The number of aryl methyl sites for hydroxylation is 1. The minimum atomic E-state index is -3.41. The number of halogens is 1. The molecule has 8 heteroatoms. The average Bonchev–Trinajstić information content (AvgIpc) is 3.01. The van der Waals surface area contributed by atoms with Crippen LogP contribution in [0.15, 0.2) is 42.5 Å². The lowest BCUT2D eigenvalue weighted by Gasteiger charge is -2.07. The number of fused-ring (bicyclic) bond motifs is 1. The lowest BCUT2D eigenvalue weighted by atomic mass is 10.1. The molecule has 0 aliphatic heterocycles. The summed E-state index contributed by atoms with van der Waals surface area (Å²) in [5.41, 5.74) is 2.63. The number of aromatic amines is 1. The zero-order valence-electron chi connectivity index (χ0n) is 16.4. The third kappa shape index (κ3) is 4.95. The summed E-state index contributed by atoms with van der Waals surface area (Å²) in [4.78, 5) is 15.6. The number of anilines is 1. The summed E-state index contributed by atoms with van der Waals surface area (Å²) in [6.45, 7) is 3.79. The fourth-order valence-corrected chi connectivity index (χ4v) is 4.34. The standard InChI is InChI=1S/C21H24FN3O3S/c1-3-4-11-29(27,28)25-16-9-10-19-17(12-16)14(2)20(24-19)21(26)23-13-15-7-5-6-8-18(15)22/h5-10,12,24-25H,3-4,11,13H2,1-2H3,(H,23,26). The Morgan fingerprint density at radius 2 is 1.93 bits per heavy atom. The van der Waals surface area contributed by atoms with E-state index in [1.807, 2.05) is 6.92 Å². The van der Waals surface area contributed by atoms with Crippen molar-refractivity contribution in [3.05, 3.63) is 65.1 Å². The summed E-state index contributed by atoms with van der Waals surface area (Å²) >= 11 is 0. The van der Waals surface area contributed by atoms with Crippen LogP contribution in [-0.2, 0) is 16.6 Å². The van der Waals surface area contributed by atoms with Crippen molar-refractivity contribution in [2.75, 3.05) is 10.5 Å². The minimum absolute atomic E-state index is 0.0668. The van der Waals surface area contributed by atoms with Crippen molar-refractivity contribution in [1.82, 2.24) is 10.3 Å². The van der Waals surface area contributed by atoms with E-state index in [9.17, 15) is 17.6 Å².